The second-order valence-electron chi connectivity index (χ2n) is 6.98. The van der Waals surface area contributed by atoms with Crippen molar-refractivity contribution in [1.82, 2.24) is 0 Å². The molecule has 0 aromatic rings. The van der Waals surface area contributed by atoms with Gasteiger partial charge in [0.15, 0.2) is 0 Å². The Morgan fingerprint density at radius 2 is 1.33 bits per heavy atom. The maximum atomic E-state index is 11.5. The normalized spacial score (nSPS) is 12.8. The van der Waals surface area contributed by atoms with Gasteiger partial charge >= 0.3 is 0 Å². The van der Waals surface area contributed by atoms with Crippen molar-refractivity contribution >= 4 is 5.78 Å². The largest absolute Gasteiger partial charge is 0.379 e. The number of aliphatic hydroxyl groups excluding tert-OH is 1. The highest BCUT2D eigenvalue weighted by Gasteiger charge is 2.04. The average molecular weight is 340 g/mol. The number of Topliss-reactive ketones (excluding diaryl/α,β-unsaturated/α-hetero) is 1. The first kappa shape index (κ1) is 23.3. The van der Waals surface area contributed by atoms with Gasteiger partial charge in [0, 0.05) is 12.8 Å². The molecular weight excluding hydrogens is 298 g/mol. The van der Waals surface area contributed by atoms with Gasteiger partial charge in [-0.2, -0.15) is 0 Å². The van der Waals surface area contributed by atoms with Gasteiger partial charge in [-0.05, 0) is 38.5 Å². The van der Waals surface area contributed by atoms with E-state index in [2.05, 4.69) is 19.1 Å². The van der Waals surface area contributed by atoms with E-state index < -0.39 is 6.23 Å². The minimum atomic E-state index is -0.844. The molecule has 142 valence electrons. The lowest BCUT2D eigenvalue weighted by Crippen LogP contribution is -2.19. The quantitative estimate of drug-likeness (QED) is 0.193. The molecule has 1 atom stereocenters. The number of unbranched alkanes of at least 4 members (excludes halogenated alkanes) is 11. The van der Waals surface area contributed by atoms with Crippen LogP contribution in [0.1, 0.15) is 110 Å². The van der Waals surface area contributed by atoms with Gasteiger partial charge in [-0.3, -0.25) is 4.79 Å². The molecule has 3 heteroatoms. The predicted molar refractivity (Wildman–Crippen MR) is 104 cm³/mol. The Morgan fingerprint density at radius 3 is 1.88 bits per heavy atom. The average Bonchev–Trinajstić information content (AvgIpc) is 2.56. The fourth-order valence-electron chi connectivity index (χ4n) is 2.83. The van der Waals surface area contributed by atoms with E-state index in [0.717, 1.165) is 12.8 Å². The smallest absolute Gasteiger partial charge is 0.133 e. The lowest BCUT2D eigenvalue weighted by molar-refractivity contribution is -0.119. The van der Waals surface area contributed by atoms with E-state index in [0.29, 0.717) is 19.3 Å². The van der Waals surface area contributed by atoms with Crippen molar-refractivity contribution in [1.29, 1.82) is 0 Å². The third-order valence-corrected chi connectivity index (χ3v) is 4.44. The molecule has 0 heterocycles. The molecule has 0 saturated heterocycles. The van der Waals surface area contributed by atoms with Crippen LogP contribution in [0, 0.1) is 0 Å². The summed E-state index contributed by atoms with van der Waals surface area (Å²) in [5.74, 6) is 0.233. The first-order valence-corrected chi connectivity index (χ1v) is 10.3. The minimum absolute atomic E-state index is 0.233. The summed E-state index contributed by atoms with van der Waals surface area (Å²) in [6.07, 6.45) is 21.9. The van der Waals surface area contributed by atoms with Gasteiger partial charge in [-0.25, -0.2) is 0 Å². The summed E-state index contributed by atoms with van der Waals surface area (Å²) >= 11 is 0. The molecule has 0 aliphatic rings. The number of hydrogen-bond donors (Lipinski definition) is 2. The van der Waals surface area contributed by atoms with Crippen LogP contribution >= 0.6 is 0 Å². The first-order chi connectivity index (χ1) is 11.7. The Kier molecular flexibility index (Phi) is 18.1. The molecule has 0 aliphatic carbocycles. The van der Waals surface area contributed by atoms with Gasteiger partial charge < -0.3 is 10.8 Å². The summed E-state index contributed by atoms with van der Waals surface area (Å²) in [7, 11) is 0. The van der Waals surface area contributed by atoms with E-state index in [1.54, 1.807) is 0 Å². The first-order valence-electron chi connectivity index (χ1n) is 10.3. The third-order valence-electron chi connectivity index (χ3n) is 4.44. The second-order valence-corrected chi connectivity index (χ2v) is 6.98. The Hall–Kier alpha value is -0.670. The number of ketones is 1. The highest BCUT2D eigenvalue weighted by atomic mass is 16.3. The maximum absolute atomic E-state index is 11.5. The summed E-state index contributed by atoms with van der Waals surface area (Å²) in [6, 6.07) is 0. The van der Waals surface area contributed by atoms with Crippen LogP contribution in [0.3, 0.4) is 0 Å². The number of nitrogens with two attached hydrogens (primary N) is 1. The van der Waals surface area contributed by atoms with Crippen LogP contribution in [0.2, 0.25) is 0 Å². The molecule has 0 aliphatic heterocycles. The number of allylic oxidation sites excluding steroid dienone is 2. The molecule has 0 spiro atoms. The summed E-state index contributed by atoms with van der Waals surface area (Å²) in [6.45, 7) is 2.26. The van der Waals surface area contributed by atoms with Crippen molar-refractivity contribution < 1.29 is 9.90 Å². The molecular formula is C21H41NO2. The van der Waals surface area contributed by atoms with Crippen LogP contribution in [-0.2, 0) is 4.79 Å². The van der Waals surface area contributed by atoms with E-state index in [1.165, 1.54) is 70.6 Å². The summed E-state index contributed by atoms with van der Waals surface area (Å²) in [4.78, 5) is 11.5. The molecule has 0 aromatic carbocycles. The fraction of sp³-hybridized carbons (Fsp3) is 0.857. The predicted octanol–water partition coefficient (Wildman–Crippen LogP) is 5.65. The van der Waals surface area contributed by atoms with Gasteiger partial charge in [0.2, 0.25) is 0 Å². The maximum Gasteiger partial charge on any atom is 0.133 e. The van der Waals surface area contributed by atoms with Crippen LogP contribution in [0.15, 0.2) is 12.2 Å². The van der Waals surface area contributed by atoms with Gasteiger partial charge in [0.05, 0.1) is 0 Å². The van der Waals surface area contributed by atoms with Crippen LogP contribution in [-0.4, -0.2) is 17.1 Å². The Balaban J connectivity index is 3.19. The minimum Gasteiger partial charge on any atom is -0.379 e. The monoisotopic (exact) mass is 339 g/mol. The molecule has 0 bridgehead atoms. The van der Waals surface area contributed by atoms with Crippen LogP contribution in [0.4, 0.5) is 0 Å². The van der Waals surface area contributed by atoms with Crippen molar-refractivity contribution in [2.45, 2.75) is 116 Å². The van der Waals surface area contributed by atoms with Crippen molar-refractivity contribution in [3.8, 4) is 0 Å². The number of aliphatic hydroxyl groups is 1. The molecule has 1 unspecified atom stereocenters. The fourth-order valence-corrected chi connectivity index (χ4v) is 2.83. The van der Waals surface area contributed by atoms with E-state index in [4.69, 9.17) is 10.8 Å². The van der Waals surface area contributed by atoms with Crippen LogP contribution in [0.5, 0.6) is 0 Å². The molecule has 24 heavy (non-hydrogen) atoms. The lowest BCUT2D eigenvalue weighted by atomic mass is 10.0. The zero-order valence-electron chi connectivity index (χ0n) is 16.0. The van der Waals surface area contributed by atoms with Crippen LogP contribution < -0.4 is 5.73 Å². The van der Waals surface area contributed by atoms with E-state index in [1.807, 2.05) is 0 Å². The van der Waals surface area contributed by atoms with Gasteiger partial charge in [0.1, 0.15) is 12.0 Å². The molecule has 3 N–H and O–H groups in total. The number of carbonyl (C=O) groups is 1. The Bertz CT molecular complexity index is 300. The van der Waals surface area contributed by atoms with E-state index >= 15 is 0 Å². The summed E-state index contributed by atoms with van der Waals surface area (Å²) in [5.41, 5.74) is 5.22. The van der Waals surface area contributed by atoms with Crippen LogP contribution in [0.25, 0.3) is 0 Å². The topological polar surface area (TPSA) is 63.3 Å². The second kappa shape index (κ2) is 18.7. The van der Waals surface area contributed by atoms with E-state index in [-0.39, 0.29) is 5.78 Å². The molecule has 0 amide bonds. The SMILES string of the molecule is CCCCCCCC/C=C\CCCCCCCC(=O)CCC(N)O. The van der Waals surface area contributed by atoms with E-state index in [9.17, 15) is 4.79 Å². The molecule has 0 fully saturated rings. The molecule has 0 aromatic heterocycles. The lowest BCUT2D eigenvalue weighted by Gasteiger charge is -2.03. The zero-order valence-corrected chi connectivity index (χ0v) is 16.0. The summed E-state index contributed by atoms with van der Waals surface area (Å²) < 4.78 is 0. The Morgan fingerprint density at radius 1 is 0.833 bits per heavy atom. The Labute approximate surface area is 150 Å². The number of rotatable bonds is 18. The summed E-state index contributed by atoms with van der Waals surface area (Å²) in [5, 5.41) is 8.93. The molecule has 0 rings (SSSR count). The standard InChI is InChI=1S/C21H41NO2/c1-2-3-4-5-6-7-8-9-10-11-12-13-14-15-16-17-20(23)18-19-21(22)24/h9-10,21,24H,2-8,11-19,22H2,1H3/b10-9-. The molecule has 0 saturated carbocycles. The van der Waals surface area contributed by atoms with Gasteiger partial charge in [0.25, 0.3) is 0 Å². The van der Waals surface area contributed by atoms with Gasteiger partial charge in [-0.1, -0.05) is 70.4 Å². The number of hydrogen-bond acceptors (Lipinski definition) is 3. The zero-order chi connectivity index (χ0) is 17.9. The number of carbonyl (C=O) groups excluding carboxylic acids is 1. The van der Waals surface area contributed by atoms with Crippen molar-refractivity contribution in [3.05, 3.63) is 12.2 Å². The van der Waals surface area contributed by atoms with Crippen molar-refractivity contribution in [2.75, 3.05) is 0 Å². The highest BCUT2D eigenvalue weighted by molar-refractivity contribution is 5.78. The molecule has 3 nitrogen and oxygen atoms in total. The highest BCUT2D eigenvalue weighted by Crippen LogP contribution is 2.10. The third kappa shape index (κ3) is 19.4. The van der Waals surface area contributed by atoms with Crippen molar-refractivity contribution in [2.24, 2.45) is 5.73 Å². The molecule has 0 radical (unpaired) electrons. The van der Waals surface area contributed by atoms with Crippen molar-refractivity contribution in [3.63, 3.8) is 0 Å². The van der Waals surface area contributed by atoms with Gasteiger partial charge in [-0.15, -0.1) is 0 Å².